The Morgan fingerprint density at radius 2 is 1.67 bits per heavy atom. The van der Waals surface area contributed by atoms with Crippen molar-refractivity contribution >= 4 is 5.97 Å². The summed E-state index contributed by atoms with van der Waals surface area (Å²) < 4.78 is 16.6. The van der Waals surface area contributed by atoms with Crippen molar-refractivity contribution in [3.05, 3.63) is 0 Å². The molecule has 0 bridgehead atoms. The number of carbonyl (C=O) groups excluding carboxylic acids is 1. The van der Waals surface area contributed by atoms with Crippen LogP contribution in [0.2, 0.25) is 0 Å². The topological polar surface area (TPSA) is 44.8 Å². The first-order valence-corrected chi connectivity index (χ1v) is 5.51. The molecule has 1 aliphatic carbocycles. The van der Waals surface area contributed by atoms with E-state index in [4.69, 9.17) is 14.2 Å². The fourth-order valence-corrected chi connectivity index (χ4v) is 2.39. The van der Waals surface area contributed by atoms with E-state index in [0.29, 0.717) is 13.2 Å². The lowest BCUT2D eigenvalue weighted by Gasteiger charge is -2.40. The predicted octanol–water partition coefficient (Wildman–Crippen LogP) is 1.63. The number of hydrogen-bond acceptors (Lipinski definition) is 4. The van der Waals surface area contributed by atoms with E-state index in [2.05, 4.69) is 0 Å². The lowest BCUT2D eigenvalue weighted by Crippen LogP contribution is -2.44. The standard InChI is InChI=1S/C11H18O4/c1-9(12)15-10(2)3-5-11(6-4-10)13-7-8-14-11/h3-8H2,1-2H3. The molecule has 1 spiro atoms. The second-order valence-corrected chi connectivity index (χ2v) is 4.65. The molecular weight excluding hydrogens is 196 g/mol. The fraction of sp³-hybridized carbons (Fsp3) is 0.909. The van der Waals surface area contributed by atoms with E-state index >= 15 is 0 Å². The van der Waals surface area contributed by atoms with Crippen molar-refractivity contribution in [2.45, 2.75) is 50.9 Å². The van der Waals surface area contributed by atoms with Crippen LogP contribution < -0.4 is 0 Å². The quantitative estimate of drug-likeness (QED) is 0.622. The molecule has 86 valence electrons. The van der Waals surface area contributed by atoms with Gasteiger partial charge in [-0.2, -0.15) is 0 Å². The van der Waals surface area contributed by atoms with Crippen LogP contribution in [-0.4, -0.2) is 30.6 Å². The second-order valence-electron chi connectivity index (χ2n) is 4.65. The van der Waals surface area contributed by atoms with Crippen LogP contribution in [0.5, 0.6) is 0 Å². The van der Waals surface area contributed by atoms with Gasteiger partial charge in [0, 0.05) is 19.8 Å². The molecule has 15 heavy (non-hydrogen) atoms. The van der Waals surface area contributed by atoms with E-state index in [9.17, 15) is 4.79 Å². The maximum absolute atomic E-state index is 10.9. The highest BCUT2D eigenvalue weighted by molar-refractivity contribution is 5.66. The van der Waals surface area contributed by atoms with Crippen molar-refractivity contribution in [2.75, 3.05) is 13.2 Å². The Hall–Kier alpha value is -0.610. The molecule has 0 aromatic rings. The summed E-state index contributed by atoms with van der Waals surface area (Å²) in [6, 6.07) is 0. The average molecular weight is 214 g/mol. The van der Waals surface area contributed by atoms with E-state index in [0.717, 1.165) is 25.7 Å². The smallest absolute Gasteiger partial charge is 0.303 e. The molecule has 1 saturated carbocycles. The van der Waals surface area contributed by atoms with Crippen LogP contribution in [-0.2, 0) is 19.0 Å². The summed E-state index contributed by atoms with van der Waals surface area (Å²) in [5.74, 6) is -0.582. The summed E-state index contributed by atoms with van der Waals surface area (Å²) in [5.41, 5.74) is -0.327. The van der Waals surface area contributed by atoms with Gasteiger partial charge in [0.25, 0.3) is 0 Å². The number of ether oxygens (including phenoxy) is 3. The molecule has 0 amide bonds. The lowest BCUT2D eigenvalue weighted by atomic mass is 9.82. The Labute approximate surface area is 89.9 Å². The molecule has 0 atom stereocenters. The van der Waals surface area contributed by atoms with Gasteiger partial charge in [-0.25, -0.2) is 0 Å². The summed E-state index contributed by atoms with van der Waals surface area (Å²) >= 11 is 0. The molecule has 1 saturated heterocycles. The summed E-state index contributed by atoms with van der Waals surface area (Å²) in [6.07, 6.45) is 3.26. The number of rotatable bonds is 1. The van der Waals surface area contributed by atoms with Crippen molar-refractivity contribution in [1.29, 1.82) is 0 Å². The third-order valence-corrected chi connectivity index (χ3v) is 3.27. The Kier molecular flexibility index (Phi) is 2.73. The molecule has 0 aromatic carbocycles. The van der Waals surface area contributed by atoms with Gasteiger partial charge in [-0.05, 0) is 19.8 Å². The van der Waals surface area contributed by atoms with Crippen LogP contribution in [0.25, 0.3) is 0 Å². The zero-order chi connectivity index (χ0) is 10.9. The number of hydrogen-bond donors (Lipinski definition) is 0. The Morgan fingerprint density at radius 1 is 1.13 bits per heavy atom. The van der Waals surface area contributed by atoms with Crippen LogP contribution in [0.1, 0.15) is 39.5 Å². The Balaban J connectivity index is 1.93. The molecule has 2 rings (SSSR count). The molecule has 4 nitrogen and oxygen atoms in total. The van der Waals surface area contributed by atoms with Crippen molar-refractivity contribution in [1.82, 2.24) is 0 Å². The van der Waals surface area contributed by atoms with Crippen molar-refractivity contribution < 1.29 is 19.0 Å². The minimum Gasteiger partial charge on any atom is -0.460 e. The summed E-state index contributed by atoms with van der Waals surface area (Å²) in [5, 5.41) is 0. The Morgan fingerprint density at radius 3 is 2.13 bits per heavy atom. The maximum Gasteiger partial charge on any atom is 0.303 e. The van der Waals surface area contributed by atoms with E-state index in [-0.39, 0.29) is 17.4 Å². The Bertz CT molecular complexity index is 245. The van der Waals surface area contributed by atoms with Gasteiger partial charge in [0.15, 0.2) is 5.79 Å². The van der Waals surface area contributed by atoms with Crippen LogP contribution in [0.15, 0.2) is 0 Å². The van der Waals surface area contributed by atoms with Crippen LogP contribution in [0, 0.1) is 0 Å². The van der Waals surface area contributed by atoms with E-state index in [1.54, 1.807) is 0 Å². The second kappa shape index (κ2) is 3.76. The molecular formula is C11H18O4. The zero-order valence-electron chi connectivity index (χ0n) is 9.38. The van der Waals surface area contributed by atoms with Gasteiger partial charge in [0.05, 0.1) is 13.2 Å². The third-order valence-electron chi connectivity index (χ3n) is 3.27. The molecule has 2 aliphatic rings. The summed E-state index contributed by atoms with van der Waals surface area (Å²) in [6.45, 7) is 4.81. The first kappa shape index (κ1) is 10.9. The minimum absolute atomic E-state index is 0.207. The van der Waals surface area contributed by atoms with Crippen molar-refractivity contribution in [3.63, 3.8) is 0 Å². The van der Waals surface area contributed by atoms with Gasteiger partial charge in [0.2, 0.25) is 0 Å². The molecule has 1 heterocycles. The summed E-state index contributed by atoms with van der Waals surface area (Å²) in [4.78, 5) is 10.9. The van der Waals surface area contributed by atoms with Crippen molar-refractivity contribution in [3.8, 4) is 0 Å². The first-order valence-electron chi connectivity index (χ1n) is 5.51. The predicted molar refractivity (Wildman–Crippen MR) is 53.3 cm³/mol. The molecule has 4 heteroatoms. The van der Waals surface area contributed by atoms with Gasteiger partial charge in [0.1, 0.15) is 5.60 Å². The van der Waals surface area contributed by atoms with E-state index in [1.807, 2.05) is 6.92 Å². The van der Waals surface area contributed by atoms with Gasteiger partial charge in [-0.3, -0.25) is 4.79 Å². The molecule has 0 radical (unpaired) electrons. The minimum atomic E-state index is -0.375. The normalized spacial score (nSPS) is 27.9. The van der Waals surface area contributed by atoms with Crippen LogP contribution in [0.3, 0.4) is 0 Å². The monoisotopic (exact) mass is 214 g/mol. The highest BCUT2D eigenvalue weighted by Gasteiger charge is 2.45. The van der Waals surface area contributed by atoms with E-state index < -0.39 is 0 Å². The average Bonchev–Trinajstić information content (AvgIpc) is 2.59. The number of carbonyl (C=O) groups is 1. The zero-order valence-corrected chi connectivity index (χ0v) is 9.38. The lowest BCUT2D eigenvalue weighted by molar-refractivity contribution is -0.208. The van der Waals surface area contributed by atoms with E-state index in [1.165, 1.54) is 6.92 Å². The molecule has 0 aromatic heterocycles. The highest BCUT2D eigenvalue weighted by atomic mass is 16.7. The maximum atomic E-state index is 10.9. The molecule has 2 fully saturated rings. The first-order chi connectivity index (χ1) is 7.04. The van der Waals surface area contributed by atoms with Gasteiger partial charge in [-0.15, -0.1) is 0 Å². The van der Waals surface area contributed by atoms with Gasteiger partial charge >= 0.3 is 5.97 Å². The largest absolute Gasteiger partial charge is 0.460 e. The number of esters is 1. The summed E-state index contributed by atoms with van der Waals surface area (Å²) in [7, 11) is 0. The third kappa shape index (κ3) is 2.32. The molecule has 0 N–H and O–H groups in total. The SMILES string of the molecule is CC(=O)OC1(C)CCC2(CC1)OCCO2. The molecule has 0 unspecified atom stereocenters. The molecule has 1 aliphatic heterocycles. The van der Waals surface area contributed by atoms with Crippen LogP contribution >= 0.6 is 0 Å². The fourth-order valence-electron chi connectivity index (χ4n) is 2.39. The highest BCUT2D eigenvalue weighted by Crippen LogP contribution is 2.41. The van der Waals surface area contributed by atoms with Gasteiger partial charge < -0.3 is 14.2 Å². The van der Waals surface area contributed by atoms with Gasteiger partial charge in [-0.1, -0.05) is 0 Å². The van der Waals surface area contributed by atoms with Crippen molar-refractivity contribution in [2.24, 2.45) is 0 Å². The van der Waals surface area contributed by atoms with Crippen LogP contribution in [0.4, 0.5) is 0 Å².